The lowest BCUT2D eigenvalue weighted by Crippen LogP contribution is -2.26. The Morgan fingerprint density at radius 2 is 2.24 bits per heavy atom. The molecule has 2 N–H and O–H groups in total. The van der Waals surface area contributed by atoms with E-state index in [1.165, 1.54) is 11.3 Å². The lowest BCUT2D eigenvalue weighted by Gasteiger charge is -2.08. The molecule has 3 aromatic rings. The summed E-state index contributed by atoms with van der Waals surface area (Å²) in [5.41, 5.74) is 0. The van der Waals surface area contributed by atoms with Crippen LogP contribution in [-0.4, -0.2) is 26.5 Å². The Morgan fingerprint density at radius 3 is 2.95 bits per heavy atom. The van der Waals surface area contributed by atoms with E-state index in [-0.39, 0.29) is 11.9 Å². The number of nitrogens with zero attached hydrogens (tertiary/aromatic N) is 3. The van der Waals surface area contributed by atoms with Crippen LogP contribution in [0.25, 0.3) is 10.1 Å². The molecule has 0 saturated heterocycles. The smallest absolute Gasteiger partial charge is 0.263 e. The van der Waals surface area contributed by atoms with Crippen molar-refractivity contribution in [3.8, 4) is 0 Å². The van der Waals surface area contributed by atoms with Gasteiger partial charge in [0.1, 0.15) is 4.88 Å². The molecule has 21 heavy (non-hydrogen) atoms. The standard InChI is InChI=1S/C12H9Cl2N5OS/c1-5(11-16-18-19-17-11)15-12(20)10-9(14)7-3-2-6(13)4-8(7)21-10/h2-5H,1H3,(H,15,20)(H,16,17,18,19). The average Bonchev–Trinajstić information content (AvgIpc) is 3.07. The molecule has 1 aromatic carbocycles. The van der Waals surface area contributed by atoms with Gasteiger partial charge in [-0.2, -0.15) is 5.21 Å². The zero-order valence-electron chi connectivity index (χ0n) is 10.7. The number of hydrogen-bond donors (Lipinski definition) is 2. The van der Waals surface area contributed by atoms with E-state index in [1.807, 2.05) is 0 Å². The minimum absolute atomic E-state index is 0.283. The van der Waals surface area contributed by atoms with Gasteiger partial charge in [-0.25, -0.2) is 0 Å². The predicted octanol–water partition coefficient (Wildman–Crippen LogP) is 3.21. The summed E-state index contributed by atoms with van der Waals surface area (Å²) in [7, 11) is 0. The first-order valence-corrected chi connectivity index (χ1v) is 7.55. The first kappa shape index (κ1) is 14.2. The topological polar surface area (TPSA) is 83.6 Å². The van der Waals surface area contributed by atoms with Crippen LogP contribution in [0.15, 0.2) is 18.2 Å². The number of tetrazole rings is 1. The third kappa shape index (κ3) is 2.72. The van der Waals surface area contributed by atoms with Gasteiger partial charge >= 0.3 is 0 Å². The summed E-state index contributed by atoms with van der Waals surface area (Å²) in [5, 5.41) is 18.1. The highest BCUT2D eigenvalue weighted by atomic mass is 35.5. The molecule has 1 amide bonds. The molecular weight excluding hydrogens is 333 g/mol. The average molecular weight is 342 g/mol. The zero-order chi connectivity index (χ0) is 15.0. The first-order chi connectivity index (χ1) is 10.1. The van der Waals surface area contributed by atoms with E-state index in [9.17, 15) is 4.79 Å². The molecule has 3 rings (SSSR count). The molecule has 0 spiro atoms. The predicted molar refractivity (Wildman–Crippen MR) is 81.9 cm³/mol. The van der Waals surface area contributed by atoms with Crippen LogP contribution in [0.3, 0.4) is 0 Å². The highest BCUT2D eigenvalue weighted by molar-refractivity contribution is 7.21. The van der Waals surface area contributed by atoms with Crippen molar-refractivity contribution in [2.45, 2.75) is 13.0 Å². The SMILES string of the molecule is CC(NC(=O)c1sc2cc(Cl)ccc2c1Cl)c1nn[nH]n1. The van der Waals surface area contributed by atoms with Gasteiger partial charge in [-0.05, 0) is 19.1 Å². The Bertz CT molecular complexity index is 801. The summed E-state index contributed by atoms with van der Waals surface area (Å²) in [4.78, 5) is 12.8. The number of hydrogen-bond acceptors (Lipinski definition) is 5. The maximum Gasteiger partial charge on any atom is 0.263 e. The summed E-state index contributed by atoms with van der Waals surface area (Å²) >= 11 is 13.5. The van der Waals surface area contributed by atoms with Crippen molar-refractivity contribution in [3.05, 3.63) is 38.9 Å². The van der Waals surface area contributed by atoms with Crippen molar-refractivity contribution in [3.63, 3.8) is 0 Å². The highest BCUT2D eigenvalue weighted by Gasteiger charge is 2.20. The summed E-state index contributed by atoms with van der Waals surface area (Å²) in [6.07, 6.45) is 0. The largest absolute Gasteiger partial charge is 0.341 e. The quantitative estimate of drug-likeness (QED) is 0.766. The highest BCUT2D eigenvalue weighted by Crippen LogP contribution is 2.36. The Morgan fingerprint density at radius 1 is 1.43 bits per heavy atom. The van der Waals surface area contributed by atoms with Crippen LogP contribution in [-0.2, 0) is 0 Å². The fourth-order valence-electron chi connectivity index (χ4n) is 1.86. The van der Waals surface area contributed by atoms with Crippen LogP contribution in [0.4, 0.5) is 0 Å². The molecule has 0 bridgehead atoms. The van der Waals surface area contributed by atoms with Crippen LogP contribution in [0.1, 0.15) is 28.5 Å². The molecule has 0 aliphatic rings. The van der Waals surface area contributed by atoms with Crippen LogP contribution in [0.5, 0.6) is 0 Å². The Kier molecular flexibility index (Phi) is 3.79. The van der Waals surface area contributed by atoms with Gasteiger partial charge in [0, 0.05) is 15.1 Å². The summed E-state index contributed by atoms with van der Waals surface area (Å²) in [6, 6.07) is 4.95. The molecule has 0 radical (unpaired) electrons. The summed E-state index contributed by atoms with van der Waals surface area (Å²) in [5.74, 6) is 0.123. The van der Waals surface area contributed by atoms with E-state index in [0.29, 0.717) is 20.7 Å². The molecule has 108 valence electrons. The monoisotopic (exact) mass is 341 g/mol. The number of carbonyl (C=O) groups excluding carboxylic acids is 1. The number of aromatic nitrogens is 4. The fraction of sp³-hybridized carbons (Fsp3) is 0.167. The lowest BCUT2D eigenvalue weighted by molar-refractivity contribution is 0.0942. The van der Waals surface area contributed by atoms with E-state index in [2.05, 4.69) is 25.9 Å². The second-order valence-electron chi connectivity index (χ2n) is 4.35. The second kappa shape index (κ2) is 5.59. The summed E-state index contributed by atoms with van der Waals surface area (Å²) < 4.78 is 0.866. The third-order valence-corrected chi connectivity index (χ3v) is 4.79. The minimum Gasteiger partial charge on any atom is -0.341 e. The number of rotatable bonds is 3. The first-order valence-electron chi connectivity index (χ1n) is 5.98. The van der Waals surface area contributed by atoms with Crippen LogP contribution < -0.4 is 5.32 Å². The van der Waals surface area contributed by atoms with Crippen molar-refractivity contribution >= 4 is 50.5 Å². The number of fused-ring (bicyclic) bond motifs is 1. The van der Waals surface area contributed by atoms with Gasteiger partial charge in [-0.3, -0.25) is 4.79 Å². The van der Waals surface area contributed by atoms with Gasteiger partial charge in [0.05, 0.1) is 11.1 Å². The van der Waals surface area contributed by atoms with E-state index >= 15 is 0 Å². The minimum atomic E-state index is -0.374. The Balaban J connectivity index is 1.89. The van der Waals surface area contributed by atoms with Gasteiger partial charge in [-0.15, -0.1) is 21.5 Å². The number of nitrogens with one attached hydrogen (secondary N) is 2. The van der Waals surface area contributed by atoms with Gasteiger partial charge < -0.3 is 5.32 Å². The fourth-order valence-corrected chi connectivity index (χ4v) is 3.56. The van der Waals surface area contributed by atoms with E-state index in [1.54, 1.807) is 25.1 Å². The van der Waals surface area contributed by atoms with E-state index in [0.717, 1.165) is 10.1 Å². The maximum atomic E-state index is 12.3. The van der Waals surface area contributed by atoms with Crippen LogP contribution >= 0.6 is 34.5 Å². The Hall–Kier alpha value is -1.70. The van der Waals surface area contributed by atoms with Crippen molar-refractivity contribution in [1.29, 1.82) is 0 Å². The molecule has 2 heterocycles. The maximum absolute atomic E-state index is 12.3. The molecule has 1 atom stereocenters. The lowest BCUT2D eigenvalue weighted by atomic mass is 10.2. The summed E-state index contributed by atoms with van der Waals surface area (Å²) in [6.45, 7) is 1.76. The van der Waals surface area contributed by atoms with E-state index in [4.69, 9.17) is 23.2 Å². The number of halogens is 2. The number of benzene rings is 1. The zero-order valence-corrected chi connectivity index (χ0v) is 13.1. The molecule has 0 aliphatic carbocycles. The van der Waals surface area contributed by atoms with Crippen molar-refractivity contribution in [2.75, 3.05) is 0 Å². The van der Waals surface area contributed by atoms with Crippen molar-refractivity contribution in [2.24, 2.45) is 0 Å². The van der Waals surface area contributed by atoms with Gasteiger partial charge in [-0.1, -0.05) is 34.5 Å². The molecule has 6 nitrogen and oxygen atoms in total. The number of thiophene rings is 1. The number of aromatic amines is 1. The van der Waals surface area contributed by atoms with Crippen molar-refractivity contribution < 1.29 is 4.79 Å². The van der Waals surface area contributed by atoms with Crippen LogP contribution in [0, 0.1) is 0 Å². The molecule has 0 fully saturated rings. The molecule has 0 saturated carbocycles. The third-order valence-electron chi connectivity index (χ3n) is 2.89. The number of amides is 1. The van der Waals surface area contributed by atoms with Crippen LogP contribution in [0.2, 0.25) is 10.0 Å². The van der Waals surface area contributed by atoms with Crippen molar-refractivity contribution in [1.82, 2.24) is 25.9 Å². The van der Waals surface area contributed by atoms with E-state index < -0.39 is 0 Å². The van der Waals surface area contributed by atoms with Gasteiger partial charge in [0.25, 0.3) is 5.91 Å². The second-order valence-corrected chi connectivity index (χ2v) is 6.22. The molecule has 2 aromatic heterocycles. The van der Waals surface area contributed by atoms with Gasteiger partial charge in [0.2, 0.25) is 0 Å². The normalized spacial score (nSPS) is 12.5. The molecular formula is C12H9Cl2N5OS. The molecule has 0 aliphatic heterocycles. The molecule has 9 heteroatoms. The number of H-pyrrole nitrogens is 1. The molecule has 1 unspecified atom stereocenters. The Labute approximate surface area is 133 Å². The van der Waals surface area contributed by atoms with Gasteiger partial charge in [0.15, 0.2) is 5.82 Å². The number of carbonyl (C=O) groups is 1.